The summed E-state index contributed by atoms with van der Waals surface area (Å²) in [4.78, 5) is 23.9. The Morgan fingerprint density at radius 3 is 1.35 bits per heavy atom. The molecule has 0 spiro atoms. The number of carbonyl (C=O) groups excluding carboxylic acids is 2. The third-order valence-corrected chi connectivity index (χ3v) is 3.76. The van der Waals surface area contributed by atoms with Crippen LogP contribution in [0.25, 0.3) is 12.2 Å². The highest BCUT2D eigenvalue weighted by atomic mass is 16.4. The van der Waals surface area contributed by atoms with Crippen molar-refractivity contribution in [1.82, 2.24) is 0 Å². The van der Waals surface area contributed by atoms with Gasteiger partial charge in [0, 0.05) is 0 Å². The van der Waals surface area contributed by atoms with E-state index >= 15 is 0 Å². The molecule has 130 valence electrons. The highest BCUT2D eigenvalue weighted by Crippen LogP contribution is 2.12. The lowest BCUT2D eigenvalue weighted by atomic mass is 10.1. The third kappa shape index (κ3) is 4.36. The van der Waals surface area contributed by atoms with Crippen molar-refractivity contribution in [3.8, 4) is 0 Å². The summed E-state index contributed by atoms with van der Waals surface area (Å²) in [5.41, 5.74) is 1.76. The summed E-state index contributed by atoms with van der Waals surface area (Å²) in [6.07, 6.45) is 6.41. The molecular formula is C22H18O4. The van der Waals surface area contributed by atoms with Crippen LogP contribution in [0.5, 0.6) is 0 Å². The van der Waals surface area contributed by atoms with Crippen molar-refractivity contribution in [1.29, 1.82) is 0 Å². The van der Waals surface area contributed by atoms with Gasteiger partial charge < -0.3 is 8.83 Å². The van der Waals surface area contributed by atoms with E-state index in [1.165, 1.54) is 12.2 Å². The highest BCUT2D eigenvalue weighted by molar-refractivity contribution is 6.05. The van der Waals surface area contributed by atoms with Crippen LogP contribution in [-0.2, 0) is 0 Å². The molecule has 3 aromatic rings. The lowest BCUT2D eigenvalue weighted by Gasteiger charge is -1.96. The Hall–Kier alpha value is -3.40. The van der Waals surface area contributed by atoms with Crippen molar-refractivity contribution < 1.29 is 18.4 Å². The van der Waals surface area contributed by atoms with Crippen LogP contribution in [0.2, 0.25) is 0 Å². The maximum Gasteiger partial charge on any atom is 0.221 e. The summed E-state index contributed by atoms with van der Waals surface area (Å²) < 4.78 is 10.6. The van der Waals surface area contributed by atoms with E-state index in [2.05, 4.69) is 0 Å². The van der Waals surface area contributed by atoms with E-state index in [9.17, 15) is 9.59 Å². The second-order valence-electron chi connectivity index (χ2n) is 5.88. The fourth-order valence-corrected chi connectivity index (χ4v) is 2.36. The van der Waals surface area contributed by atoms with Gasteiger partial charge in [0.05, 0.1) is 0 Å². The van der Waals surface area contributed by atoms with E-state index in [1.54, 1.807) is 50.3 Å². The molecule has 1 aromatic carbocycles. The number of carbonyl (C=O) groups is 2. The van der Waals surface area contributed by atoms with Crippen LogP contribution in [0, 0.1) is 13.8 Å². The van der Waals surface area contributed by atoms with Crippen molar-refractivity contribution >= 4 is 23.7 Å². The van der Waals surface area contributed by atoms with Gasteiger partial charge in [-0.25, -0.2) is 0 Å². The second-order valence-corrected chi connectivity index (χ2v) is 5.88. The van der Waals surface area contributed by atoms with E-state index in [0.717, 1.165) is 11.1 Å². The van der Waals surface area contributed by atoms with E-state index in [-0.39, 0.29) is 11.6 Å². The molecule has 0 amide bonds. The minimum Gasteiger partial charge on any atom is -0.458 e. The minimum atomic E-state index is -0.179. The molecule has 4 heteroatoms. The van der Waals surface area contributed by atoms with Gasteiger partial charge in [-0.15, -0.1) is 0 Å². The Balaban J connectivity index is 1.63. The Morgan fingerprint density at radius 1 is 0.654 bits per heavy atom. The maximum atomic E-state index is 12.0. The van der Waals surface area contributed by atoms with Crippen molar-refractivity contribution in [3.05, 3.63) is 94.9 Å². The second kappa shape index (κ2) is 7.66. The van der Waals surface area contributed by atoms with Gasteiger partial charge in [-0.2, -0.15) is 0 Å². The molecular weight excluding hydrogens is 328 g/mol. The van der Waals surface area contributed by atoms with Gasteiger partial charge >= 0.3 is 0 Å². The molecule has 0 fully saturated rings. The third-order valence-electron chi connectivity index (χ3n) is 3.76. The first-order chi connectivity index (χ1) is 12.5. The molecule has 0 atom stereocenters. The number of hydrogen-bond donors (Lipinski definition) is 0. The van der Waals surface area contributed by atoms with Gasteiger partial charge in [-0.05, 0) is 61.4 Å². The predicted octanol–water partition coefficient (Wildman–Crippen LogP) is 5.28. The summed E-state index contributed by atoms with van der Waals surface area (Å²) in [5, 5.41) is 0. The summed E-state index contributed by atoms with van der Waals surface area (Å²) in [5.74, 6) is 1.70. The number of ketones is 2. The average Bonchev–Trinajstić information content (AvgIpc) is 3.27. The highest BCUT2D eigenvalue weighted by Gasteiger charge is 2.06. The van der Waals surface area contributed by atoms with Gasteiger partial charge in [-0.3, -0.25) is 9.59 Å². The summed E-state index contributed by atoms with van der Waals surface area (Å²) >= 11 is 0. The van der Waals surface area contributed by atoms with Crippen LogP contribution in [0.15, 0.2) is 69.5 Å². The first-order valence-electron chi connectivity index (χ1n) is 8.19. The van der Waals surface area contributed by atoms with E-state index < -0.39 is 0 Å². The monoisotopic (exact) mass is 346 g/mol. The molecule has 26 heavy (non-hydrogen) atoms. The molecule has 0 aliphatic heterocycles. The molecule has 2 heterocycles. The molecule has 3 rings (SSSR count). The van der Waals surface area contributed by atoms with Crippen LogP contribution in [0.1, 0.15) is 43.8 Å². The standard InChI is InChI=1S/C22H18O4/c1-15-3-13-21(25-15)19(23)11-9-17-5-7-18(8-6-17)10-12-20(24)22-14-4-16(2)26-22/h3-14H,1-2H3/b11-9+,12-10+. The van der Waals surface area contributed by atoms with Crippen LogP contribution < -0.4 is 0 Å². The number of furan rings is 2. The van der Waals surface area contributed by atoms with Gasteiger partial charge in [0.15, 0.2) is 11.5 Å². The Kier molecular flexibility index (Phi) is 5.13. The molecule has 0 bridgehead atoms. The Morgan fingerprint density at radius 2 is 1.04 bits per heavy atom. The van der Waals surface area contributed by atoms with Crippen molar-refractivity contribution in [2.24, 2.45) is 0 Å². The number of rotatable bonds is 6. The van der Waals surface area contributed by atoms with E-state index in [1.807, 2.05) is 24.3 Å². The molecule has 2 aromatic heterocycles. The molecule has 0 saturated carbocycles. The SMILES string of the molecule is Cc1ccc(C(=O)/C=C/c2ccc(/C=C/C(=O)c3ccc(C)o3)cc2)o1. The summed E-state index contributed by atoms with van der Waals surface area (Å²) in [6, 6.07) is 14.3. The quantitative estimate of drug-likeness (QED) is 0.450. The van der Waals surface area contributed by atoms with E-state index in [0.29, 0.717) is 23.0 Å². The zero-order valence-electron chi connectivity index (χ0n) is 14.6. The zero-order chi connectivity index (χ0) is 18.5. The van der Waals surface area contributed by atoms with Crippen LogP contribution >= 0.6 is 0 Å². The largest absolute Gasteiger partial charge is 0.458 e. The van der Waals surface area contributed by atoms with Crippen LogP contribution in [0.4, 0.5) is 0 Å². The van der Waals surface area contributed by atoms with E-state index in [4.69, 9.17) is 8.83 Å². The molecule has 4 nitrogen and oxygen atoms in total. The first kappa shape index (κ1) is 17.4. The van der Waals surface area contributed by atoms with Crippen LogP contribution in [-0.4, -0.2) is 11.6 Å². The van der Waals surface area contributed by atoms with Gasteiger partial charge in [0.2, 0.25) is 11.6 Å². The maximum absolute atomic E-state index is 12.0. The lowest BCUT2D eigenvalue weighted by molar-refractivity contribution is 0.101. The van der Waals surface area contributed by atoms with Crippen molar-refractivity contribution in [2.45, 2.75) is 13.8 Å². The fourth-order valence-electron chi connectivity index (χ4n) is 2.36. The minimum absolute atomic E-state index is 0.179. The van der Waals surface area contributed by atoms with Crippen molar-refractivity contribution in [3.63, 3.8) is 0 Å². The number of allylic oxidation sites excluding steroid dienone is 2. The zero-order valence-corrected chi connectivity index (χ0v) is 14.6. The van der Waals surface area contributed by atoms with Gasteiger partial charge in [0.1, 0.15) is 11.5 Å². The van der Waals surface area contributed by atoms with Crippen molar-refractivity contribution in [2.75, 3.05) is 0 Å². The van der Waals surface area contributed by atoms with Crippen LogP contribution in [0.3, 0.4) is 0 Å². The Labute approximate surface area is 151 Å². The first-order valence-corrected chi connectivity index (χ1v) is 8.19. The molecule has 0 N–H and O–H groups in total. The molecule has 0 radical (unpaired) electrons. The number of hydrogen-bond acceptors (Lipinski definition) is 4. The van der Waals surface area contributed by atoms with Gasteiger partial charge in [-0.1, -0.05) is 36.4 Å². The predicted molar refractivity (Wildman–Crippen MR) is 100 cm³/mol. The smallest absolute Gasteiger partial charge is 0.221 e. The normalized spacial score (nSPS) is 11.5. The summed E-state index contributed by atoms with van der Waals surface area (Å²) in [6.45, 7) is 3.59. The topological polar surface area (TPSA) is 60.4 Å². The molecule has 0 aliphatic carbocycles. The molecule has 0 saturated heterocycles. The fraction of sp³-hybridized carbons (Fsp3) is 0.0909. The average molecular weight is 346 g/mol. The Bertz CT molecular complexity index is 900. The van der Waals surface area contributed by atoms with Gasteiger partial charge in [0.25, 0.3) is 0 Å². The number of benzene rings is 1. The summed E-state index contributed by atoms with van der Waals surface area (Å²) in [7, 11) is 0. The molecule has 0 unspecified atom stereocenters. The number of aryl methyl sites for hydroxylation is 2. The molecule has 0 aliphatic rings. The lowest BCUT2D eigenvalue weighted by Crippen LogP contribution is -1.91.